The number of aliphatic carboxylic acids is 1. The fourth-order valence-electron chi connectivity index (χ4n) is 3.89. The molecule has 0 bridgehead atoms. The van der Waals surface area contributed by atoms with Gasteiger partial charge in [0.15, 0.2) is 5.82 Å². The van der Waals surface area contributed by atoms with E-state index in [2.05, 4.69) is 4.98 Å². The number of hydrogen-bond acceptors (Lipinski definition) is 6. The standard InChI is InChI=1S/C25H18F5N3O6S2/c26-16-5-9-18(10-6-16)40(36,37)32(14-23(34)35)24-21-4-2-1-3-20(21)22(13-31-24)33(15-25(28,29)30)41(38,39)19-11-7-17(27)8-12-19/h1-13H,14-15H2,(H,34,35). The number of carboxylic acids is 1. The Kier molecular flexibility index (Phi) is 7.91. The second-order valence-electron chi connectivity index (χ2n) is 8.45. The third-order valence-electron chi connectivity index (χ3n) is 5.66. The van der Waals surface area contributed by atoms with E-state index in [1.807, 2.05) is 0 Å². The van der Waals surface area contributed by atoms with Gasteiger partial charge < -0.3 is 5.11 Å². The monoisotopic (exact) mass is 615 g/mol. The van der Waals surface area contributed by atoms with E-state index in [0.717, 1.165) is 48.5 Å². The van der Waals surface area contributed by atoms with E-state index in [-0.39, 0.29) is 15.1 Å². The SMILES string of the molecule is O=C(O)CN(c1ncc(N(CC(F)(F)F)S(=O)(=O)c2ccc(F)cc2)c2ccccc12)S(=O)(=O)c1ccc(F)cc1. The number of halogens is 5. The minimum atomic E-state index is -5.06. The number of carbonyl (C=O) groups is 1. The largest absolute Gasteiger partial charge is 0.480 e. The number of aromatic nitrogens is 1. The molecule has 0 saturated heterocycles. The summed E-state index contributed by atoms with van der Waals surface area (Å²) in [6, 6.07) is 11.6. The molecule has 0 radical (unpaired) electrons. The molecule has 0 spiro atoms. The van der Waals surface area contributed by atoms with E-state index in [0.29, 0.717) is 10.5 Å². The molecule has 4 rings (SSSR count). The molecule has 0 atom stereocenters. The second kappa shape index (κ2) is 10.9. The Morgan fingerprint density at radius 2 is 1.22 bits per heavy atom. The summed E-state index contributed by atoms with van der Waals surface area (Å²) in [5.41, 5.74) is -0.611. The van der Waals surface area contributed by atoms with Crippen molar-refractivity contribution in [2.24, 2.45) is 0 Å². The summed E-state index contributed by atoms with van der Waals surface area (Å²) < 4.78 is 122. The van der Waals surface area contributed by atoms with Gasteiger partial charge in [-0.25, -0.2) is 34.9 Å². The fraction of sp³-hybridized carbons (Fsp3) is 0.120. The van der Waals surface area contributed by atoms with E-state index in [4.69, 9.17) is 0 Å². The minimum Gasteiger partial charge on any atom is -0.480 e. The number of carboxylic acid groups (broad SMARTS) is 1. The van der Waals surface area contributed by atoms with Crippen LogP contribution in [0.1, 0.15) is 0 Å². The molecule has 0 unspecified atom stereocenters. The Bertz CT molecular complexity index is 1820. The highest BCUT2D eigenvalue weighted by Gasteiger charge is 2.39. The van der Waals surface area contributed by atoms with E-state index in [9.17, 15) is 48.7 Å². The second-order valence-corrected chi connectivity index (χ2v) is 12.2. The number of rotatable bonds is 9. The van der Waals surface area contributed by atoms with E-state index < -0.39 is 78.2 Å². The van der Waals surface area contributed by atoms with Crippen LogP contribution < -0.4 is 8.61 Å². The number of alkyl halides is 3. The van der Waals surface area contributed by atoms with Crippen LogP contribution >= 0.6 is 0 Å². The van der Waals surface area contributed by atoms with Crippen molar-refractivity contribution in [1.82, 2.24) is 4.98 Å². The van der Waals surface area contributed by atoms with Gasteiger partial charge in [-0.2, -0.15) is 13.2 Å². The molecular formula is C25H18F5N3O6S2. The highest BCUT2D eigenvalue weighted by molar-refractivity contribution is 7.93. The summed E-state index contributed by atoms with van der Waals surface area (Å²) in [4.78, 5) is 14.4. The van der Waals surface area contributed by atoms with Crippen LogP contribution in [0.2, 0.25) is 0 Å². The third kappa shape index (κ3) is 6.22. The summed E-state index contributed by atoms with van der Waals surface area (Å²) >= 11 is 0. The van der Waals surface area contributed by atoms with E-state index in [1.165, 1.54) is 24.3 Å². The van der Waals surface area contributed by atoms with Crippen LogP contribution in [0.5, 0.6) is 0 Å². The number of pyridine rings is 1. The molecule has 9 nitrogen and oxygen atoms in total. The van der Waals surface area contributed by atoms with Crippen LogP contribution in [0.15, 0.2) is 88.8 Å². The van der Waals surface area contributed by atoms with Crippen molar-refractivity contribution in [3.8, 4) is 0 Å². The maximum atomic E-state index is 13.7. The molecule has 1 heterocycles. The number of nitrogens with zero attached hydrogens (tertiary/aromatic N) is 3. The highest BCUT2D eigenvalue weighted by Crippen LogP contribution is 2.38. The van der Waals surface area contributed by atoms with Crippen LogP contribution in [0.3, 0.4) is 0 Å². The predicted molar refractivity (Wildman–Crippen MR) is 137 cm³/mol. The van der Waals surface area contributed by atoms with Gasteiger partial charge in [0.05, 0.1) is 21.7 Å². The first-order chi connectivity index (χ1) is 19.1. The summed E-state index contributed by atoms with van der Waals surface area (Å²) in [5.74, 6) is -3.76. The number of hydrogen-bond donors (Lipinski definition) is 1. The topological polar surface area (TPSA) is 125 Å². The third-order valence-corrected chi connectivity index (χ3v) is 9.19. The molecule has 1 aromatic heterocycles. The molecular weight excluding hydrogens is 597 g/mol. The molecule has 0 saturated carbocycles. The zero-order valence-corrected chi connectivity index (χ0v) is 22.1. The lowest BCUT2D eigenvalue weighted by Gasteiger charge is -2.28. The van der Waals surface area contributed by atoms with Gasteiger partial charge in [0, 0.05) is 10.8 Å². The van der Waals surface area contributed by atoms with Crippen molar-refractivity contribution in [3.63, 3.8) is 0 Å². The number of sulfonamides is 2. The molecule has 0 fully saturated rings. The van der Waals surface area contributed by atoms with Crippen molar-refractivity contribution in [3.05, 3.63) is 90.6 Å². The van der Waals surface area contributed by atoms with Crippen molar-refractivity contribution in [2.45, 2.75) is 16.0 Å². The van der Waals surface area contributed by atoms with Crippen LogP contribution in [0.25, 0.3) is 10.8 Å². The van der Waals surface area contributed by atoms with Gasteiger partial charge in [0.1, 0.15) is 24.7 Å². The van der Waals surface area contributed by atoms with Gasteiger partial charge in [-0.3, -0.25) is 9.10 Å². The maximum Gasteiger partial charge on any atom is 0.407 e. The first-order valence-corrected chi connectivity index (χ1v) is 14.2. The minimum absolute atomic E-state index is 0.00460. The molecule has 4 aromatic rings. The quantitative estimate of drug-likeness (QED) is 0.274. The molecule has 0 aliphatic rings. The molecule has 0 amide bonds. The van der Waals surface area contributed by atoms with Crippen molar-refractivity contribution in [2.75, 3.05) is 21.7 Å². The summed E-state index contributed by atoms with van der Waals surface area (Å²) in [7, 11) is -9.70. The van der Waals surface area contributed by atoms with Crippen molar-refractivity contribution in [1.29, 1.82) is 0 Å². The first kappa shape index (κ1) is 29.7. The lowest BCUT2D eigenvalue weighted by Crippen LogP contribution is -2.39. The van der Waals surface area contributed by atoms with Gasteiger partial charge in [-0.05, 0) is 48.5 Å². The molecule has 16 heteroatoms. The van der Waals surface area contributed by atoms with Crippen molar-refractivity contribution >= 4 is 48.3 Å². The lowest BCUT2D eigenvalue weighted by atomic mass is 10.1. The average Bonchev–Trinajstić information content (AvgIpc) is 2.90. The Morgan fingerprint density at radius 1 is 0.756 bits per heavy atom. The summed E-state index contributed by atoms with van der Waals surface area (Å²) in [6.45, 7) is -3.21. The van der Waals surface area contributed by atoms with Crippen LogP contribution in [0.4, 0.5) is 33.5 Å². The summed E-state index contributed by atoms with van der Waals surface area (Å²) in [5, 5.41) is 9.03. The molecule has 1 N–H and O–H groups in total. The molecule has 3 aromatic carbocycles. The lowest BCUT2D eigenvalue weighted by molar-refractivity contribution is -0.135. The normalized spacial score (nSPS) is 12.3. The van der Waals surface area contributed by atoms with Crippen molar-refractivity contribution < 1.29 is 48.7 Å². The van der Waals surface area contributed by atoms with Gasteiger partial charge in [-0.1, -0.05) is 24.3 Å². The smallest absolute Gasteiger partial charge is 0.407 e. The molecule has 0 aliphatic heterocycles. The van der Waals surface area contributed by atoms with Gasteiger partial charge in [0.25, 0.3) is 20.0 Å². The predicted octanol–water partition coefficient (Wildman–Crippen LogP) is 4.55. The fourth-order valence-corrected chi connectivity index (χ4v) is 6.73. The average molecular weight is 616 g/mol. The first-order valence-electron chi connectivity index (χ1n) is 11.3. The zero-order valence-electron chi connectivity index (χ0n) is 20.5. The zero-order chi connectivity index (χ0) is 30.2. The van der Waals surface area contributed by atoms with Crippen LogP contribution in [-0.4, -0.2) is 52.2 Å². The van der Waals surface area contributed by atoms with Crippen LogP contribution in [0, 0.1) is 11.6 Å². The van der Waals surface area contributed by atoms with E-state index >= 15 is 0 Å². The number of fused-ring (bicyclic) bond motifs is 1. The number of benzene rings is 3. The van der Waals surface area contributed by atoms with Gasteiger partial charge in [-0.15, -0.1) is 0 Å². The maximum absolute atomic E-state index is 13.7. The Balaban J connectivity index is 1.96. The molecule has 0 aliphatic carbocycles. The van der Waals surface area contributed by atoms with Gasteiger partial charge in [0.2, 0.25) is 0 Å². The van der Waals surface area contributed by atoms with Gasteiger partial charge >= 0.3 is 12.1 Å². The Hall–Kier alpha value is -4.31. The van der Waals surface area contributed by atoms with Crippen LogP contribution in [-0.2, 0) is 24.8 Å². The Morgan fingerprint density at radius 3 is 1.68 bits per heavy atom. The highest BCUT2D eigenvalue weighted by atomic mass is 32.2. The number of anilines is 2. The molecule has 41 heavy (non-hydrogen) atoms. The molecule has 216 valence electrons. The summed E-state index contributed by atoms with van der Waals surface area (Å²) in [6.07, 6.45) is -4.40. The Labute approximate surface area is 230 Å². The van der Waals surface area contributed by atoms with E-state index in [1.54, 1.807) is 0 Å².